The minimum Gasteiger partial charge on any atom is -0.497 e. The van der Waals surface area contributed by atoms with Crippen molar-refractivity contribution in [3.63, 3.8) is 0 Å². The number of hydrogen-bond acceptors (Lipinski definition) is 6. The van der Waals surface area contributed by atoms with Crippen LogP contribution in [-0.4, -0.2) is 55.9 Å². The van der Waals surface area contributed by atoms with Gasteiger partial charge in [0.1, 0.15) is 5.75 Å². The number of rotatable bonds is 3. The molecule has 118 valence electrons. The number of piperazine rings is 1. The molecule has 2 heterocycles. The molecule has 0 N–H and O–H groups in total. The van der Waals surface area contributed by atoms with Gasteiger partial charge < -0.3 is 19.3 Å². The summed E-state index contributed by atoms with van der Waals surface area (Å²) in [6, 6.07) is 5.90. The Hall–Kier alpha value is -2.02. The molecule has 0 spiro atoms. The van der Waals surface area contributed by atoms with E-state index in [1.54, 1.807) is 23.3 Å². The summed E-state index contributed by atoms with van der Waals surface area (Å²) in [6.07, 6.45) is -0.226. The van der Waals surface area contributed by atoms with Gasteiger partial charge in [0.2, 0.25) is 0 Å². The van der Waals surface area contributed by atoms with Crippen molar-refractivity contribution >= 4 is 32.8 Å². The fraction of sp³-hybridized carbons (Fsp3) is 0.467. The highest BCUT2D eigenvalue weighted by Gasteiger charge is 2.23. The number of benzene rings is 1. The summed E-state index contributed by atoms with van der Waals surface area (Å²) in [5.74, 6) is 0.842. The predicted molar refractivity (Wildman–Crippen MR) is 87.0 cm³/mol. The van der Waals surface area contributed by atoms with Crippen molar-refractivity contribution < 1.29 is 14.3 Å². The molecule has 1 amide bonds. The number of nitrogens with zero attached hydrogens (tertiary/aromatic N) is 3. The van der Waals surface area contributed by atoms with Crippen molar-refractivity contribution in [1.82, 2.24) is 9.88 Å². The molecule has 7 heteroatoms. The first-order chi connectivity index (χ1) is 10.7. The van der Waals surface area contributed by atoms with Crippen molar-refractivity contribution in [2.75, 3.05) is 44.8 Å². The summed E-state index contributed by atoms with van der Waals surface area (Å²) in [5, 5.41) is 0.992. The molecule has 22 heavy (non-hydrogen) atoms. The third-order valence-electron chi connectivity index (χ3n) is 3.66. The van der Waals surface area contributed by atoms with Crippen LogP contribution in [0.4, 0.5) is 9.93 Å². The van der Waals surface area contributed by atoms with Crippen molar-refractivity contribution in [2.24, 2.45) is 0 Å². The molecule has 6 nitrogen and oxygen atoms in total. The monoisotopic (exact) mass is 321 g/mol. The quantitative estimate of drug-likeness (QED) is 0.870. The molecule has 2 aromatic rings. The summed E-state index contributed by atoms with van der Waals surface area (Å²) in [4.78, 5) is 20.3. The lowest BCUT2D eigenvalue weighted by Crippen LogP contribution is -2.48. The van der Waals surface area contributed by atoms with Gasteiger partial charge in [-0.3, -0.25) is 0 Å². The van der Waals surface area contributed by atoms with Gasteiger partial charge in [0.25, 0.3) is 0 Å². The Labute approximate surface area is 133 Å². The molecule has 1 aliphatic rings. The van der Waals surface area contributed by atoms with Crippen LogP contribution >= 0.6 is 11.3 Å². The maximum Gasteiger partial charge on any atom is 0.409 e. The van der Waals surface area contributed by atoms with E-state index in [2.05, 4.69) is 9.88 Å². The van der Waals surface area contributed by atoms with E-state index in [4.69, 9.17) is 9.47 Å². The van der Waals surface area contributed by atoms with Crippen molar-refractivity contribution in [3.8, 4) is 5.75 Å². The molecule has 1 aliphatic heterocycles. The van der Waals surface area contributed by atoms with Crippen LogP contribution in [0.15, 0.2) is 18.2 Å². The van der Waals surface area contributed by atoms with Crippen LogP contribution in [-0.2, 0) is 4.74 Å². The normalized spacial score (nSPS) is 15.2. The standard InChI is InChI=1S/C15H19N3O3S/c1-3-21-15(19)18-8-6-17(7-9-18)14-16-12-5-4-11(20-2)10-13(12)22-14/h4-5,10H,3,6-9H2,1-2H3. The lowest BCUT2D eigenvalue weighted by molar-refractivity contribution is 0.105. The lowest BCUT2D eigenvalue weighted by atomic mass is 10.3. The number of aromatic nitrogens is 1. The van der Waals surface area contributed by atoms with Gasteiger partial charge in [-0.2, -0.15) is 0 Å². The van der Waals surface area contributed by atoms with E-state index in [-0.39, 0.29) is 6.09 Å². The van der Waals surface area contributed by atoms with E-state index in [0.717, 1.165) is 34.2 Å². The van der Waals surface area contributed by atoms with E-state index in [0.29, 0.717) is 19.7 Å². The summed E-state index contributed by atoms with van der Waals surface area (Å²) in [5.41, 5.74) is 0.980. The smallest absolute Gasteiger partial charge is 0.409 e. The van der Waals surface area contributed by atoms with Crippen LogP contribution in [0.2, 0.25) is 0 Å². The first-order valence-corrected chi connectivity index (χ1v) is 8.14. The Bertz CT molecular complexity index is 665. The van der Waals surface area contributed by atoms with Gasteiger partial charge in [0, 0.05) is 26.2 Å². The van der Waals surface area contributed by atoms with Gasteiger partial charge in [0.05, 0.1) is 23.9 Å². The molecule has 0 bridgehead atoms. The largest absolute Gasteiger partial charge is 0.497 e. The average Bonchev–Trinajstić information content (AvgIpc) is 2.98. The highest BCUT2D eigenvalue weighted by atomic mass is 32.1. The molecule has 0 unspecified atom stereocenters. The Balaban J connectivity index is 1.69. The zero-order valence-electron chi connectivity index (χ0n) is 12.7. The number of thiazole rings is 1. The molecule has 1 aromatic carbocycles. The molecule has 0 atom stereocenters. The third kappa shape index (κ3) is 2.94. The number of methoxy groups -OCH3 is 1. The Morgan fingerprint density at radius 3 is 2.77 bits per heavy atom. The molecular weight excluding hydrogens is 302 g/mol. The van der Waals surface area contributed by atoms with E-state index in [9.17, 15) is 4.79 Å². The lowest BCUT2D eigenvalue weighted by Gasteiger charge is -2.33. The zero-order chi connectivity index (χ0) is 15.5. The number of anilines is 1. The number of carbonyl (C=O) groups is 1. The highest BCUT2D eigenvalue weighted by Crippen LogP contribution is 2.31. The fourth-order valence-electron chi connectivity index (χ4n) is 2.45. The van der Waals surface area contributed by atoms with Crippen molar-refractivity contribution in [2.45, 2.75) is 6.92 Å². The van der Waals surface area contributed by atoms with Gasteiger partial charge in [-0.25, -0.2) is 9.78 Å². The number of hydrogen-bond donors (Lipinski definition) is 0. The van der Waals surface area contributed by atoms with E-state index in [1.165, 1.54) is 0 Å². The minimum atomic E-state index is -0.226. The molecule has 0 aliphatic carbocycles. The SMILES string of the molecule is CCOC(=O)N1CCN(c2nc3ccc(OC)cc3s2)CC1. The molecule has 1 fully saturated rings. The van der Waals surface area contributed by atoms with E-state index >= 15 is 0 Å². The first-order valence-electron chi connectivity index (χ1n) is 7.32. The summed E-state index contributed by atoms with van der Waals surface area (Å²) >= 11 is 1.65. The predicted octanol–water partition coefficient (Wildman–Crippen LogP) is 2.58. The second-order valence-corrected chi connectivity index (χ2v) is 6.01. The number of carbonyl (C=O) groups excluding carboxylic acids is 1. The van der Waals surface area contributed by atoms with Gasteiger partial charge in [-0.1, -0.05) is 11.3 Å². The average molecular weight is 321 g/mol. The van der Waals surface area contributed by atoms with E-state index in [1.807, 2.05) is 25.1 Å². The Kier molecular flexibility index (Phi) is 4.33. The molecule has 1 aromatic heterocycles. The van der Waals surface area contributed by atoms with Crippen LogP contribution in [0.25, 0.3) is 10.2 Å². The molecule has 1 saturated heterocycles. The van der Waals surface area contributed by atoms with Crippen LogP contribution in [0.3, 0.4) is 0 Å². The number of fused-ring (bicyclic) bond motifs is 1. The maximum atomic E-state index is 11.7. The Morgan fingerprint density at radius 2 is 2.09 bits per heavy atom. The second kappa shape index (κ2) is 6.39. The Morgan fingerprint density at radius 1 is 1.32 bits per heavy atom. The van der Waals surface area contributed by atoms with Gasteiger partial charge in [0.15, 0.2) is 5.13 Å². The van der Waals surface area contributed by atoms with Gasteiger partial charge in [-0.05, 0) is 25.1 Å². The fourth-order valence-corrected chi connectivity index (χ4v) is 3.50. The summed E-state index contributed by atoms with van der Waals surface area (Å²) < 4.78 is 11.4. The molecule has 0 radical (unpaired) electrons. The third-order valence-corrected chi connectivity index (χ3v) is 4.74. The van der Waals surface area contributed by atoms with Gasteiger partial charge in [-0.15, -0.1) is 0 Å². The summed E-state index contributed by atoms with van der Waals surface area (Å²) in [6.45, 7) is 5.12. The number of ether oxygens (including phenoxy) is 2. The highest BCUT2D eigenvalue weighted by molar-refractivity contribution is 7.22. The first kappa shape index (κ1) is 14.9. The van der Waals surface area contributed by atoms with Crippen LogP contribution in [0, 0.1) is 0 Å². The van der Waals surface area contributed by atoms with Crippen LogP contribution in [0.5, 0.6) is 5.75 Å². The molecule has 3 rings (SSSR count). The minimum absolute atomic E-state index is 0.226. The maximum absolute atomic E-state index is 11.7. The number of amides is 1. The van der Waals surface area contributed by atoms with Crippen LogP contribution in [0.1, 0.15) is 6.92 Å². The van der Waals surface area contributed by atoms with Crippen molar-refractivity contribution in [1.29, 1.82) is 0 Å². The topological polar surface area (TPSA) is 54.9 Å². The molecule has 0 saturated carbocycles. The van der Waals surface area contributed by atoms with Crippen LogP contribution < -0.4 is 9.64 Å². The van der Waals surface area contributed by atoms with E-state index < -0.39 is 0 Å². The summed E-state index contributed by atoms with van der Waals surface area (Å²) in [7, 11) is 1.66. The second-order valence-electron chi connectivity index (χ2n) is 5.00. The zero-order valence-corrected chi connectivity index (χ0v) is 13.6. The molecular formula is C15H19N3O3S. The van der Waals surface area contributed by atoms with Crippen molar-refractivity contribution in [3.05, 3.63) is 18.2 Å². The van der Waals surface area contributed by atoms with Gasteiger partial charge >= 0.3 is 6.09 Å².